The highest BCUT2D eigenvalue weighted by Crippen LogP contribution is 2.42. The van der Waals surface area contributed by atoms with Gasteiger partial charge in [-0.2, -0.15) is 0 Å². The van der Waals surface area contributed by atoms with E-state index < -0.39 is 6.10 Å². The lowest BCUT2D eigenvalue weighted by atomic mass is 9.75. The second-order valence-electron chi connectivity index (χ2n) is 6.28. The first-order valence-corrected chi connectivity index (χ1v) is 7.78. The molecule has 4 heteroatoms. The Morgan fingerprint density at radius 1 is 1.33 bits per heavy atom. The average molecular weight is 289 g/mol. The molecule has 1 aromatic rings. The standard InChI is InChI=1S/C17H23NO3/c1-21-17(8-3-9-17)11-15(19)13-6-7-14-12(10-13)4-2-5-16(20)18-14/h6-7,10,15,19H,2-5,8-9,11H2,1H3,(H,18,20). The molecule has 3 rings (SSSR count). The molecular weight excluding hydrogens is 266 g/mol. The number of carbonyl (C=O) groups is 1. The van der Waals surface area contributed by atoms with Gasteiger partial charge < -0.3 is 15.2 Å². The fourth-order valence-corrected chi connectivity index (χ4v) is 3.33. The Bertz CT molecular complexity index is 531. The number of nitrogens with one attached hydrogen (secondary N) is 1. The predicted octanol–water partition coefficient (Wildman–Crippen LogP) is 2.95. The van der Waals surface area contributed by atoms with Crippen LogP contribution in [0.1, 0.15) is 55.8 Å². The van der Waals surface area contributed by atoms with E-state index in [1.165, 1.54) is 6.42 Å². The largest absolute Gasteiger partial charge is 0.388 e. The van der Waals surface area contributed by atoms with Gasteiger partial charge in [0, 0.05) is 25.6 Å². The number of ether oxygens (including phenoxy) is 1. The number of benzene rings is 1. The van der Waals surface area contributed by atoms with Gasteiger partial charge >= 0.3 is 0 Å². The number of fused-ring (bicyclic) bond motifs is 1. The van der Waals surface area contributed by atoms with Crippen LogP contribution in [0.5, 0.6) is 0 Å². The summed E-state index contributed by atoms with van der Waals surface area (Å²) in [6, 6.07) is 5.86. The number of rotatable bonds is 4. The van der Waals surface area contributed by atoms with Crippen molar-refractivity contribution >= 4 is 11.6 Å². The van der Waals surface area contributed by atoms with Crippen LogP contribution in [0.25, 0.3) is 0 Å². The molecule has 4 nitrogen and oxygen atoms in total. The van der Waals surface area contributed by atoms with Gasteiger partial charge in [0.15, 0.2) is 0 Å². The number of aryl methyl sites for hydroxylation is 1. The van der Waals surface area contributed by atoms with E-state index in [1.54, 1.807) is 7.11 Å². The van der Waals surface area contributed by atoms with Crippen molar-refractivity contribution in [3.05, 3.63) is 29.3 Å². The van der Waals surface area contributed by atoms with Crippen LogP contribution in [0.3, 0.4) is 0 Å². The van der Waals surface area contributed by atoms with Gasteiger partial charge in [0.2, 0.25) is 5.91 Å². The van der Waals surface area contributed by atoms with Gasteiger partial charge in [-0.1, -0.05) is 12.1 Å². The van der Waals surface area contributed by atoms with Gasteiger partial charge in [-0.15, -0.1) is 0 Å². The smallest absolute Gasteiger partial charge is 0.224 e. The molecule has 21 heavy (non-hydrogen) atoms. The highest BCUT2D eigenvalue weighted by atomic mass is 16.5. The van der Waals surface area contributed by atoms with Crippen LogP contribution in [-0.4, -0.2) is 23.7 Å². The Balaban J connectivity index is 1.76. The third kappa shape index (κ3) is 2.97. The number of hydrogen-bond acceptors (Lipinski definition) is 3. The summed E-state index contributed by atoms with van der Waals surface area (Å²) < 4.78 is 5.60. The van der Waals surface area contributed by atoms with E-state index in [0.29, 0.717) is 12.8 Å². The van der Waals surface area contributed by atoms with E-state index in [9.17, 15) is 9.90 Å². The van der Waals surface area contributed by atoms with Gasteiger partial charge in [-0.3, -0.25) is 4.79 Å². The molecular formula is C17H23NO3. The molecule has 1 unspecified atom stereocenters. The minimum absolute atomic E-state index is 0.0786. The predicted molar refractivity (Wildman–Crippen MR) is 81.2 cm³/mol. The van der Waals surface area contributed by atoms with Crippen LogP contribution in [0.4, 0.5) is 5.69 Å². The van der Waals surface area contributed by atoms with Crippen LogP contribution in [0.2, 0.25) is 0 Å². The van der Waals surface area contributed by atoms with E-state index in [-0.39, 0.29) is 11.5 Å². The Labute approximate surface area is 125 Å². The third-order valence-corrected chi connectivity index (χ3v) is 4.90. The summed E-state index contributed by atoms with van der Waals surface area (Å²) in [6.45, 7) is 0. The molecule has 0 saturated heterocycles. The first kappa shape index (κ1) is 14.5. The number of amides is 1. The maximum Gasteiger partial charge on any atom is 0.224 e. The molecule has 0 bridgehead atoms. The molecule has 0 spiro atoms. The second kappa shape index (κ2) is 5.78. The van der Waals surface area contributed by atoms with Crippen LogP contribution >= 0.6 is 0 Å². The molecule has 1 saturated carbocycles. The molecule has 1 heterocycles. The van der Waals surface area contributed by atoms with Crippen molar-refractivity contribution < 1.29 is 14.6 Å². The Morgan fingerprint density at radius 3 is 2.81 bits per heavy atom. The molecule has 1 aliphatic carbocycles. The Morgan fingerprint density at radius 2 is 2.14 bits per heavy atom. The van der Waals surface area contributed by atoms with E-state index in [4.69, 9.17) is 4.74 Å². The van der Waals surface area contributed by atoms with Gasteiger partial charge in [0.1, 0.15) is 0 Å². The highest BCUT2D eigenvalue weighted by Gasteiger charge is 2.39. The zero-order valence-electron chi connectivity index (χ0n) is 12.5. The Hall–Kier alpha value is -1.39. The van der Waals surface area contributed by atoms with Crippen LogP contribution in [0, 0.1) is 0 Å². The average Bonchev–Trinajstić information content (AvgIpc) is 2.62. The first-order valence-electron chi connectivity index (χ1n) is 7.78. The molecule has 2 N–H and O–H groups in total. The summed E-state index contributed by atoms with van der Waals surface area (Å²) in [4.78, 5) is 11.6. The molecule has 1 atom stereocenters. The molecule has 1 amide bonds. The number of methoxy groups -OCH3 is 1. The summed E-state index contributed by atoms with van der Waals surface area (Å²) >= 11 is 0. The molecule has 1 aliphatic heterocycles. The lowest BCUT2D eigenvalue weighted by Gasteiger charge is -2.42. The van der Waals surface area contributed by atoms with Gasteiger partial charge in [0.25, 0.3) is 0 Å². The maximum atomic E-state index is 11.6. The highest BCUT2D eigenvalue weighted by molar-refractivity contribution is 5.92. The van der Waals surface area contributed by atoms with Crippen LogP contribution in [0.15, 0.2) is 18.2 Å². The van der Waals surface area contributed by atoms with Gasteiger partial charge in [-0.25, -0.2) is 0 Å². The number of carbonyl (C=O) groups excluding carboxylic acids is 1. The molecule has 0 radical (unpaired) electrons. The first-order chi connectivity index (χ1) is 10.1. The number of aliphatic hydroxyl groups excluding tert-OH is 1. The van der Waals surface area contributed by atoms with Crippen molar-refractivity contribution in [3.8, 4) is 0 Å². The lowest BCUT2D eigenvalue weighted by molar-refractivity contribution is -0.116. The zero-order valence-corrected chi connectivity index (χ0v) is 12.5. The number of hydrogen-bond donors (Lipinski definition) is 2. The number of aliphatic hydroxyl groups is 1. The molecule has 2 aliphatic rings. The van der Waals surface area contributed by atoms with E-state index in [1.807, 2.05) is 18.2 Å². The minimum atomic E-state index is -0.505. The lowest BCUT2D eigenvalue weighted by Crippen LogP contribution is -2.40. The minimum Gasteiger partial charge on any atom is -0.388 e. The SMILES string of the molecule is COC1(CC(O)c2ccc3c(c2)CCCC(=O)N3)CCC1. The fourth-order valence-electron chi connectivity index (χ4n) is 3.33. The molecule has 1 aromatic carbocycles. The maximum absolute atomic E-state index is 11.6. The normalized spacial score (nSPS) is 21.7. The monoisotopic (exact) mass is 289 g/mol. The summed E-state index contributed by atoms with van der Waals surface area (Å²) in [6.07, 6.45) is 5.69. The van der Waals surface area contributed by atoms with E-state index in [2.05, 4.69) is 5.32 Å². The van der Waals surface area contributed by atoms with Crippen molar-refractivity contribution in [1.82, 2.24) is 0 Å². The fraction of sp³-hybridized carbons (Fsp3) is 0.588. The molecule has 0 aromatic heterocycles. The van der Waals surface area contributed by atoms with Crippen LogP contribution < -0.4 is 5.32 Å². The third-order valence-electron chi connectivity index (χ3n) is 4.90. The summed E-state index contributed by atoms with van der Waals surface area (Å²) in [5.74, 6) is 0.0786. The van der Waals surface area contributed by atoms with Crippen molar-refractivity contribution in [2.24, 2.45) is 0 Å². The van der Waals surface area contributed by atoms with E-state index in [0.717, 1.165) is 42.5 Å². The van der Waals surface area contributed by atoms with Crippen molar-refractivity contribution in [3.63, 3.8) is 0 Å². The van der Waals surface area contributed by atoms with Crippen molar-refractivity contribution in [2.75, 3.05) is 12.4 Å². The summed E-state index contributed by atoms with van der Waals surface area (Å²) in [5.41, 5.74) is 2.80. The topological polar surface area (TPSA) is 58.6 Å². The van der Waals surface area contributed by atoms with Gasteiger partial charge in [0.05, 0.1) is 11.7 Å². The molecule has 1 fully saturated rings. The van der Waals surface area contributed by atoms with E-state index >= 15 is 0 Å². The second-order valence-corrected chi connectivity index (χ2v) is 6.28. The molecule has 114 valence electrons. The summed E-state index contributed by atoms with van der Waals surface area (Å²) in [5, 5.41) is 13.4. The van der Waals surface area contributed by atoms with Crippen molar-refractivity contribution in [1.29, 1.82) is 0 Å². The quantitative estimate of drug-likeness (QED) is 0.896. The summed E-state index contributed by atoms with van der Waals surface area (Å²) in [7, 11) is 1.73. The Kier molecular flexibility index (Phi) is 4.00. The number of anilines is 1. The zero-order chi connectivity index (χ0) is 14.9. The van der Waals surface area contributed by atoms with Gasteiger partial charge in [-0.05, 0) is 49.3 Å². The van der Waals surface area contributed by atoms with Crippen LogP contribution in [-0.2, 0) is 16.0 Å². The van der Waals surface area contributed by atoms with Crippen molar-refractivity contribution in [2.45, 2.75) is 56.7 Å².